The van der Waals surface area contributed by atoms with E-state index in [0.717, 1.165) is 55.2 Å². The van der Waals surface area contributed by atoms with Crippen molar-refractivity contribution in [2.45, 2.75) is 13.8 Å². The van der Waals surface area contributed by atoms with Crippen LogP contribution in [0.1, 0.15) is 11.3 Å². The van der Waals surface area contributed by atoms with Crippen LogP contribution in [-0.2, 0) is 0 Å². The zero-order valence-electron chi connectivity index (χ0n) is 14.1. The van der Waals surface area contributed by atoms with E-state index >= 15 is 0 Å². The number of aryl methyl sites for hydroxylation is 2. The number of hydrogen-bond acceptors (Lipinski definition) is 3. The van der Waals surface area contributed by atoms with Crippen LogP contribution in [0.15, 0.2) is 65.3 Å². The third-order valence-electron chi connectivity index (χ3n) is 4.69. The average molecular weight is 324 g/mol. The predicted molar refractivity (Wildman–Crippen MR) is 102 cm³/mol. The lowest BCUT2D eigenvalue weighted by atomic mass is 10.0. The highest BCUT2D eigenvalue weighted by atomic mass is 16.3. The summed E-state index contributed by atoms with van der Waals surface area (Å²) in [6, 6.07) is 16.7. The van der Waals surface area contributed by atoms with Crippen molar-refractivity contribution in [1.82, 2.24) is 9.97 Å². The summed E-state index contributed by atoms with van der Waals surface area (Å²) >= 11 is 0. The predicted octanol–water partition coefficient (Wildman–Crippen LogP) is 5.81. The van der Waals surface area contributed by atoms with Crippen LogP contribution < -0.4 is 0 Å². The van der Waals surface area contributed by atoms with E-state index < -0.39 is 0 Å². The van der Waals surface area contributed by atoms with Gasteiger partial charge in [0.2, 0.25) is 0 Å². The Balaban J connectivity index is 1.88. The van der Waals surface area contributed by atoms with Crippen LogP contribution in [0.5, 0.6) is 0 Å². The van der Waals surface area contributed by atoms with Crippen LogP contribution in [0.25, 0.3) is 44.0 Å². The Bertz CT molecular complexity index is 1250. The van der Waals surface area contributed by atoms with Crippen molar-refractivity contribution in [2.24, 2.45) is 0 Å². The van der Waals surface area contributed by atoms with Gasteiger partial charge in [0.25, 0.3) is 0 Å². The number of furan rings is 1. The standard InChI is InChI=1S/C22H16N2O/c1-13-6-9-20(24-11-13)18-5-3-4-16-17-8-7-15-10-14(2)23-12-19(15)22(17)25-21(16)18/h3-12H,1-2H3. The zero-order chi connectivity index (χ0) is 17.0. The maximum absolute atomic E-state index is 6.34. The summed E-state index contributed by atoms with van der Waals surface area (Å²) in [6.45, 7) is 4.04. The molecule has 0 N–H and O–H groups in total. The van der Waals surface area contributed by atoms with Gasteiger partial charge in [-0.25, -0.2) is 0 Å². The molecular formula is C22H16N2O. The minimum Gasteiger partial charge on any atom is -0.455 e. The second-order valence-corrected chi connectivity index (χ2v) is 6.49. The minimum absolute atomic E-state index is 0.877. The Morgan fingerprint density at radius 1 is 0.760 bits per heavy atom. The molecule has 3 aromatic heterocycles. The van der Waals surface area contributed by atoms with E-state index in [-0.39, 0.29) is 0 Å². The molecule has 0 atom stereocenters. The number of benzene rings is 2. The lowest BCUT2D eigenvalue weighted by molar-refractivity contribution is 0.673. The van der Waals surface area contributed by atoms with Gasteiger partial charge < -0.3 is 4.42 Å². The van der Waals surface area contributed by atoms with Crippen molar-refractivity contribution in [3.8, 4) is 11.3 Å². The zero-order valence-corrected chi connectivity index (χ0v) is 14.1. The number of nitrogens with zero attached hydrogens (tertiary/aromatic N) is 2. The summed E-state index contributed by atoms with van der Waals surface area (Å²) < 4.78 is 6.34. The highest BCUT2D eigenvalue weighted by molar-refractivity contribution is 6.16. The molecule has 0 amide bonds. The topological polar surface area (TPSA) is 38.9 Å². The van der Waals surface area contributed by atoms with Crippen LogP contribution in [0, 0.1) is 13.8 Å². The Labute approximate surface area is 144 Å². The van der Waals surface area contributed by atoms with Crippen molar-refractivity contribution in [3.63, 3.8) is 0 Å². The minimum atomic E-state index is 0.877. The Morgan fingerprint density at radius 3 is 2.48 bits per heavy atom. The van der Waals surface area contributed by atoms with Crippen molar-refractivity contribution in [3.05, 3.63) is 72.2 Å². The maximum Gasteiger partial charge on any atom is 0.144 e. The van der Waals surface area contributed by atoms with E-state index in [1.165, 1.54) is 0 Å². The SMILES string of the molecule is Cc1ccc(-c2cccc3c2oc2c4cnc(C)cc4ccc32)nc1. The average Bonchev–Trinajstić information content (AvgIpc) is 3.01. The summed E-state index contributed by atoms with van der Waals surface area (Å²) in [5.41, 5.74) is 5.86. The van der Waals surface area contributed by atoms with Gasteiger partial charge >= 0.3 is 0 Å². The van der Waals surface area contributed by atoms with Crippen molar-refractivity contribution < 1.29 is 4.42 Å². The molecule has 25 heavy (non-hydrogen) atoms. The van der Waals surface area contributed by atoms with E-state index in [4.69, 9.17) is 4.42 Å². The number of para-hydroxylation sites is 1. The normalized spacial score (nSPS) is 11.6. The molecule has 3 heteroatoms. The highest BCUT2D eigenvalue weighted by Crippen LogP contribution is 2.38. The Morgan fingerprint density at radius 2 is 1.64 bits per heavy atom. The molecule has 3 nitrogen and oxygen atoms in total. The van der Waals surface area contributed by atoms with E-state index in [2.05, 4.69) is 52.4 Å². The van der Waals surface area contributed by atoms with Gasteiger partial charge in [0, 0.05) is 39.8 Å². The van der Waals surface area contributed by atoms with Crippen LogP contribution in [0.3, 0.4) is 0 Å². The monoisotopic (exact) mass is 324 g/mol. The molecule has 0 unspecified atom stereocenters. The molecule has 0 radical (unpaired) electrons. The summed E-state index contributed by atoms with van der Waals surface area (Å²) in [4.78, 5) is 9.02. The number of hydrogen-bond donors (Lipinski definition) is 0. The van der Waals surface area contributed by atoms with Gasteiger partial charge in [0.15, 0.2) is 0 Å². The molecule has 0 aliphatic carbocycles. The van der Waals surface area contributed by atoms with Crippen LogP contribution in [0.4, 0.5) is 0 Å². The van der Waals surface area contributed by atoms with Gasteiger partial charge in [0.05, 0.1) is 5.69 Å². The van der Waals surface area contributed by atoms with Gasteiger partial charge in [-0.1, -0.05) is 24.3 Å². The van der Waals surface area contributed by atoms with Crippen molar-refractivity contribution in [1.29, 1.82) is 0 Å². The lowest BCUT2D eigenvalue weighted by Crippen LogP contribution is -1.84. The summed E-state index contributed by atoms with van der Waals surface area (Å²) in [5.74, 6) is 0. The molecule has 120 valence electrons. The first kappa shape index (κ1) is 14.2. The summed E-state index contributed by atoms with van der Waals surface area (Å²) in [7, 11) is 0. The van der Waals surface area contributed by atoms with Crippen LogP contribution in [0.2, 0.25) is 0 Å². The van der Waals surface area contributed by atoms with E-state index in [1.807, 2.05) is 32.3 Å². The molecule has 0 bridgehead atoms. The fraction of sp³-hybridized carbons (Fsp3) is 0.0909. The van der Waals surface area contributed by atoms with Gasteiger partial charge in [-0.15, -0.1) is 0 Å². The second-order valence-electron chi connectivity index (χ2n) is 6.49. The molecule has 5 rings (SSSR count). The number of pyridine rings is 2. The molecule has 2 aromatic carbocycles. The van der Waals surface area contributed by atoms with E-state index in [1.54, 1.807) is 0 Å². The van der Waals surface area contributed by atoms with Gasteiger partial charge in [0.1, 0.15) is 11.2 Å². The van der Waals surface area contributed by atoms with Crippen molar-refractivity contribution in [2.75, 3.05) is 0 Å². The molecule has 3 heterocycles. The lowest BCUT2D eigenvalue weighted by Gasteiger charge is -2.02. The van der Waals surface area contributed by atoms with E-state index in [9.17, 15) is 0 Å². The maximum atomic E-state index is 6.34. The van der Waals surface area contributed by atoms with Gasteiger partial charge in [-0.2, -0.15) is 0 Å². The first-order valence-corrected chi connectivity index (χ1v) is 8.34. The number of aromatic nitrogens is 2. The first-order chi connectivity index (χ1) is 12.2. The van der Waals surface area contributed by atoms with Crippen molar-refractivity contribution >= 4 is 32.7 Å². The molecule has 0 aliphatic rings. The molecule has 0 aliphatic heterocycles. The highest BCUT2D eigenvalue weighted by Gasteiger charge is 2.14. The quantitative estimate of drug-likeness (QED) is 0.390. The van der Waals surface area contributed by atoms with Gasteiger partial charge in [-0.05, 0) is 49.1 Å². The third-order valence-corrected chi connectivity index (χ3v) is 4.69. The first-order valence-electron chi connectivity index (χ1n) is 8.34. The number of fused-ring (bicyclic) bond motifs is 5. The molecule has 0 spiro atoms. The summed E-state index contributed by atoms with van der Waals surface area (Å²) in [5, 5.41) is 4.41. The fourth-order valence-corrected chi connectivity index (χ4v) is 3.41. The van der Waals surface area contributed by atoms with Crippen LogP contribution >= 0.6 is 0 Å². The smallest absolute Gasteiger partial charge is 0.144 e. The molecule has 0 saturated carbocycles. The molecule has 0 fully saturated rings. The second kappa shape index (κ2) is 5.15. The van der Waals surface area contributed by atoms with E-state index in [0.29, 0.717) is 0 Å². The summed E-state index contributed by atoms with van der Waals surface area (Å²) in [6.07, 6.45) is 3.79. The molecular weight excluding hydrogens is 308 g/mol. The molecule has 5 aromatic rings. The number of rotatable bonds is 1. The van der Waals surface area contributed by atoms with Gasteiger partial charge in [-0.3, -0.25) is 9.97 Å². The Kier molecular flexibility index (Phi) is 2.92. The van der Waals surface area contributed by atoms with Crippen LogP contribution in [-0.4, -0.2) is 9.97 Å². The largest absolute Gasteiger partial charge is 0.455 e. The molecule has 0 saturated heterocycles. The third kappa shape index (κ3) is 2.13. The Hall–Kier alpha value is -3.20. The fourth-order valence-electron chi connectivity index (χ4n) is 3.41.